The Bertz CT molecular complexity index is 1410. The van der Waals surface area contributed by atoms with Gasteiger partial charge in [-0.3, -0.25) is 4.79 Å². The topological polar surface area (TPSA) is 99.2 Å². The lowest BCUT2D eigenvalue weighted by Gasteiger charge is -2.33. The first-order chi connectivity index (χ1) is 17.9. The molecule has 0 spiro atoms. The van der Waals surface area contributed by atoms with Crippen molar-refractivity contribution in [1.29, 1.82) is 0 Å². The number of anilines is 1. The third-order valence-corrected chi connectivity index (χ3v) is 6.61. The Kier molecular flexibility index (Phi) is 6.90. The van der Waals surface area contributed by atoms with E-state index in [4.69, 9.17) is 15.6 Å². The number of aromatic nitrogens is 4. The lowest BCUT2D eigenvalue weighted by Crippen LogP contribution is -2.41. The lowest BCUT2D eigenvalue weighted by molar-refractivity contribution is -0.129. The second-order valence-electron chi connectivity index (χ2n) is 9.94. The van der Waals surface area contributed by atoms with Crippen LogP contribution in [0, 0.1) is 5.92 Å². The number of nitrogens with two attached hydrogens (primary N) is 1. The predicted octanol–water partition coefficient (Wildman–Crippen LogP) is 5.63. The van der Waals surface area contributed by atoms with Gasteiger partial charge in [0.05, 0.1) is 11.4 Å². The van der Waals surface area contributed by atoms with Crippen LogP contribution in [0.25, 0.3) is 22.3 Å². The fraction of sp³-hybridized carbons (Fsp3) is 0.310. The van der Waals surface area contributed by atoms with Crippen LogP contribution in [0.15, 0.2) is 73.1 Å². The molecule has 8 heteroatoms. The van der Waals surface area contributed by atoms with E-state index in [0.717, 1.165) is 36.4 Å². The highest BCUT2D eigenvalue weighted by atomic mass is 16.5. The zero-order valence-corrected chi connectivity index (χ0v) is 21.3. The average molecular weight is 497 g/mol. The number of nitrogen functional groups attached to an aromatic ring is 1. The SMILES string of the molecule is C=C(CC(C)C)C(=O)N1CCC[C@@H](n2nc(-c3ccc(Oc4ccccc4)cc3)c3c(N)ncnc32)C1. The minimum Gasteiger partial charge on any atom is -0.457 e. The smallest absolute Gasteiger partial charge is 0.249 e. The summed E-state index contributed by atoms with van der Waals surface area (Å²) < 4.78 is 7.86. The van der Waals surface area contributed by atoms with Crippen molar-refractivity contribution in [2.45, 2.75) is 39.2 Å². The number of hydrogen-bond donors (Lipinski definition) is 1. The molecule has 0 saturated carbocycles. The van der Waals surface area contributed by atoms with Crippen molar-refractivity contribution in [1.82, 2.24) is 24.6 Å². The Labute approximate surface area is 216 Å². The molecule has 1 aliphatic rings. The van der Waals surface area contributed by atoms with E-state index in [1.165, 1.54) is 6.33 Å². The number of ether oxygens (including phenoxy) is 1. The number of piperidine rings is 1. The van der Waals surface area contributed by atoms with Crippen molar-refractivity contribution in [3.05, 3.63) is 73.1 Å². The zero-order chi connectivity index (χ0) is 25.9. The van der Waals surface area contributed by atoms with Crippen LogP contribution in [0.5, 0.6) is 11.5 Å². The van der Waals surface area contributed by atoms with Gasteiger partial charge in [0.15, 0.2) is 5.65 Å². The predicted molar refractivity (Wildman–Crippen MR) is 145 cm³/mol. The van der Waals surface area contributed by atoms with Crippen LogP contribution in [0.3, 0.4) is 0 Å². The average Bonchev–Trinajstić information content (AvgIpc) is 3.30. The Hall–Kier alpha value is -4.20. The van der Waals surface area contributed by atoms with Crippen LogP contribution in [-0.4, -0.2) is 43.6 Å². The van der Waals surface area contributed by atoms with Crippen molar-refractivity contribution >= 4 is 22.8 Å². The second kappa shape index (κ2) is 10.4. The number of carbonyl (C=O) groups excluding carboxylic acids is 1. The van der Waals surface area contributed by atoms with E-state index >= 15 is 0 Å². The third kappa shape index (κ3) is 5.18. The van der Waals surface area contributed by atoms with Gasteiger partial charge in [0, 0.05) is 24.2 Å². The van der Waals surface area contributed by atoms with Crippen molar-refractivity contribution in [3.8, 4) is 22.8 Å². The molecule has 3 heterocycles. The molecular formula is C29H32N6O2. The van der Waals surface area contributed by atoms with Gasteiger partial charge < -0.3 is 15.4 Å². The highest BCUT2D eigenvalue weighted by Crippen LogP contribution is 2.35. The quantitative estimate of drug-likeness (QED) is 0.333. The van der Waals surface area contributed by atoms with Gasteiger partial charge in [-0.15, -0.1) is 0 Å². The van der Waals surface area contributed by atoms with Crippen LogP contribution in [0.2, 0.25) is 0 Å². The van der Waals surface area contributed by atoms with Crippen LogP contribution in [0.1, 0.15) is 39.2 Å². The van der Waals surface area contributed by atoms with Crippen molar-refractivity contribution in [3.63, 3.8) is 0 Å². The number of nitrogens with zero attached hydrogens (tertiary/aromatic N) is 5. The molecule has 0 unspecified atom stereocenters. The van der Waals surface area contributed by atoms with E-state index in [0.29, 0.717) is 47.0 Å². The summed E-state index contributed by atoms with van der Waals surface area (Å²) in [6.45, 7) is 9.51. The molecule has 1 amide bonds. The summed E-state index contributed by atoms with van der Waals surface area (Å²) in [5, 5.41) is 5.69. The highest BCUT2D eigenvalue weighted by molar-refractivity contribution is 5.98. The van der Waals surface area contributed by atoms with Crippen molar-refractivity contribution < 1.29 is 9.53 Å². The number of benzene rings is 2. The highest BCUT2D eigenvalue weighted by Gasteiger charge is 2.29. The lowest BCUT2D eigenvalue weighted by atomic mass is 10.0. The molecule has 1 fully saturated rings. The van der Waals surface area contributed by atoms with E-state index in [1.54, 1.807) is 0 Å². The minimum atomic E-state index is -0.0178. The van der Waals surface area contributed by atoms with Crippen LogP contribution in [0.4, 0.5) is 5.82 Å². The molecular weight excluding hydrogens is 464 g/mol. The number of hydrogen-bond acceptors (Lipinski definition) is 6. The maximum absolute atomic E-state index is 13.1. The molecule has 1 aliphatic heterocycles. The van der Waals surface area contributed by atoms with Crippen LogP contribution >= 0.6 is 0 Å². The molecule has 1 atom stereocenters. The Morgan fingerprint density at radius 3 is 2.57 bits per heavy atom. The molecule has 0 radical (unpaired) electrons. The van der Waals surface area contributed by atoms with Crippen LogP contribution < -0.4 is 10.5 Å². The molecule has 0 aliphatic carbocycles. The van der Waals surface area contributed by atoms with E-state index in [1.807, 2.05) is 64.2 Å². The largest absolute Gasteiger partial charge is 0.457 e. The fourth-order valence-electron chi connectivity index (χ4n) is 4.90. The van der Waals surface area contributed by atoms with Gasteiger partial charge >= 0.3 is 0 Å². The molecule has 2 aromatic heterocycles. The Morgan fingerprint density at radius 1 is 1.11 bits per heavy atom. The number of likely N-dealkylation sites (tertiary alicyclic amines) is 1. The molecule has 8 nitrogen and oxygen atoms in total. The Morgan fingerprint density at radius 2 is 1.84 bits per heavy atom. The monoisotopic (exact) mass is 496 g/mol. The second-order valence-corrected chi connectivity index (χ2v) is 9.94. The number of amides is 1. The third-order valence-electron chi connectivity index (χ3n) is 6.61. The summed E-state index contributed by atoms with van der Waals surface area (Å²) in [6, 6.07) is 17.4. The van der Waals surface area contributed by atoms with Gasteiger partial charge in [-0.2, -0.15) is 5.10 Å². The molecule has 4 aromatic rings. The number of para-hydroxylation sites is 1. The number of rotatable bonds is 7. The van der Waals surface area contributed by atoms with Crippen LogP contribution in [-0.2, 0) is 4.79 Å². The summed E-state index contributed by atoms with van der Waals surface area (Å²) in [6.07, 6.45) is 3.94. The first kappa shape index (κ1) is 24.5. The molecule has 0 bridgehead atoms. The maximum atomic E-state index is 13.1. The molecule has 5 rings (SSSR count). The standard InChI is InChI=1S/C29H32N6O2/c1-19(2)16-20(3)29(36)34-15-7-8-22(17-34)35-28-25(27(30)31-18-32-28)26(33-35)21-11-13-24(14-12-21)37-23-9-5-4-6-10-23/h4-6,9-14,18-19,22H,3,7-8,15-17H2,1-2H3,(H2,30,31,32)/t22-/m1/s1. The first-order valence-corrected chi connectivity index (χ1v) is 12.7. The van der Waals surface area contributed by atoms with Gasteiger partial charge in [0.2, 0.25) is 5.91 Å². The van der Waals surface area contributed by atoms with Gasteiger partial charge in [0.1, 0.15) is 29.3 Å². The molecule has 2 N–H and O–H groups in total. The Balaban J connectivity index is 1.44. The van der Waals surface area contributed by atoms with E-state index < -0.39 is 0 Å². The number of carbonyl (C=O) groups is 1. The first-order valence-electron chi connectivity index (χ1n) is 12.7. The van der Waals surface area contributed by atoms with E-state index in [9.17, 15) is 4.79 Å². The van der Waals surface area contributed by atoms with Crippen molar-refractivity contribution in [2.24, 2.45) is 5.92 Å². The zero-order valence-electron chi connectivity index (χ0n) is 21.3. The van der Waals surface area contributed by atoms with Gasteiger partial charge in [-0.05, 0) is 61.6 Å². The molecule has 37 heavy (non-hydrogen) atoms. The summed E-state index contributed by atoms with van der Waals surface area (Å²) >= 11 is 0. The summed E-state index contributed by atoms with van der Waals surface area (Å²) in [5.74, 6) is 2.29. The molecule has 190 valence electrons. The fourth-order valence-corrected chi connectivity index (χ4v) is 4.90. The maximum Gasteiger partial charge on any atom is 0.249 e. The molecule has 1 saturated heterocycles. The summed E-state index contributed by atoms with van der Waals surface area (Å²) in [4.78, 5) is 23.7. The minimum absolute atomic E-state index is 0.0178. The van der Waals surface area contributed by atoms with Gasteiger partial charge in [0.25, 0.3) is 0 Å². The summed E-state index contributed by atoms with van der Waals surface area (Å²) in [5.41, 5.74) is 9.26. The van der Waals surface area contributed by atoms with E-state index in [2.05, 4.69) is 30.4 Å². The molecule has 2 aromatic carbocycles. The van der Waals surface area contributed by atoms with Crippen molar-refractivity contribution in [2.75, 3.05) is 18.8 Å². The summed E-state index contributed by atoms with van der Waals surface area (Å²) in [7, 11) is 0. The van der Waals surface area contributed by atoms with E-state index in [-0.39, 0.29) is 11.9 Å². The number of fused-ring (bicyclic) bond motifs is 1. The normalized spacial score (nSPS) is 15.8. The van der Waals surface area contributed by atoms with Gasteiger partial charge in [-0.1, -0.05) is 38.6 Å². The van der Waals surface area contributed by atoms with Gasteiger partial charge in [-0.25, -0.2) is 14.6 Å².